The standard InChI is InChI=1S/C31H26FN11O2/c1-17(32)30(44)39-24-16-36-41(2)26(24)31(45)38-22-9-6-18-15-19(7-8-20(18)22)43-28(21-5-3-12-34-27(21)33)37-23-10-11-25(40-29(23)43)42-14-4-13-35-42/h3-5,7-8,10-16,22H,1,6,9H2,2H3,(H2,33,34)(H,38,45)(H,39,44)/t22-/m0/s1. The lowest BCUT2D eigenvalue weighted by Gasteiger charge is -2.16. The molecule has 1 aliphatic carbocycles. The molecule has 14 heteroatoms. The molecule has 0 aliphatic heterocycles. The van der Waals surface area contributed by atoms with E-state index in [9.17, 15) is 14.0 Å². The number of hydrogen-bond acceptors (Lipinski definition) is 8. The van der Waals surface area contributed by atoms with Crippen molar-refractivity contribution in [1.82, 2.24) is 44.4 Å². The van der Waals surface area contributed by atoms with Crippen molar-refractivity contribution >= 4 is 34.5 Å². The number of halogens is 1. The minimum Gasteiger partial charge on any atom is -0.383 e. The number of nitrogens with two attached hydrogens (primary N) is 1. The van der Waals surface area contributed by atoms with Gasteiger partial charge in [-0.1, -0.05) is 12.6 Å². The van der Waals surface area contributed by atoms with E-state index in [1.807, 2.05) is 47.2 Å². The average molecular weight is 604 g/mol. The summed E-state index contributed by atoms with van der Waals surface area (Å²) in [7, 11) is 1.57. The quantitative estimate of drug-likeness (QED) is 0.232. The highest BCUT2D eigenvalue weighted by molar-refractivity contribution is 6.06. The number of nitrogens with one attached hydrogen (secondary N) is 2. The molecule has 4 N–H and O–H groups in total. The van der Waals surface area contributed by atoms with Crippen LogP contribution in [0.25, 0.3) is 34.1 Å². The Kier molecular flexibility index (Phi) is 6.65. The fraction of sp³-hybridized carbons (Fsp3) is 0.129. The van der Waals surface area contributed by atoms with Gasteiger partial charge >= 0.3 is 0 Å². The second-order valence-corrected chi connectivity index (χ2v) is 10.5. The fourth-order valence-corrected chi connectivity index (χ4v) is 5.62. The van der Waals surface area contributed by atoms with Crippen molar-refractivity contribution in [3.05, 3.63) is 103 Å². The average Bonchev–Trinajstić information content (AvgIpc) is 3.83. The molecule has 6 aromatic rings. The second kappa shape index (κ2) is 10.8. The van der Waals surface area contributed by atoms with Crippen molar-refractivity contribution in [2.24, 2.45) is 7.05 Å². The monoisotopic (exact) mass is 603 g/mol. The number of amides is 2. The van der Waals surface area contributed by atoms with E-state index in [0.717, 1.165) is 16.8 Å². The number of benzene rings is 1. The van der Waals surface area contributed by atoms with Crippen LogP contribution in [0.1, 0.15) is 34.1 Å². The van der Waals surface area contributed by atoms with Crippen molar-refractivity contribution in [3.63, 3.8) is 0 Å². The molecule has 1 aliphatic rings. The van der Waals surface area contributed by atoms with Crippen LogP contribution in [0.2, 0.25) is 0 Å². The molecule has 0 spiro atoms. The number of nitrogen functional groups attached to an aromatic ring is 1. The van der Waals surface area contributed by atoms with E-state index in [1.54, 1.807) is 30.2 Å². The van der Waals surface area contributed by atoms with Crippen LogP contribution >= 0.6 is 0 Å². The third kappa shape index (κ3) is 4.87. The van der Waals surface area contributed by atoms with Crippen LogP contribution in [-0.2, 0) is 18.3 Å². The van der Waals surface area contributed by atoms with Crippen molar-refractivity contribution in [2.45, 2.75) is 18.9 Å². The van der Waals surface area contributed by atoms with Gasteiger partial charge in [0.1, 0.15) is 17.0 Å². The van der Waals surface area contributed by atoms with Gasteiger partial charge in [0.25, 0.3) is 11.8 Å². The molecule has 0 saturated heterocycles. The van der Waals surface area contributed by atoms with Crippen LogP contribution in [0.3, 0.4) is 0 Å². The lowest BCUT2D eigenvalue weighted by Crippen LogP contribution is -2.30. The minimum atomic E-state index is -1.17. The minimum absolute atomic E-state index is 0.0866. The first-order valence-electron chi connectivity index (χ1n) is 14.0. The summed E-state index contributed by atoms with van der Waals surface area (Å²) in [4.78, 5) is 39.3. The Morgan fingerprint density at radius 1 is 1.09 bits per heavy atom. The van der Waals surface area contributed by atoms with Gasteiger partial charge in [0.2, 0.25) is 0 Å². The summed E-state index contributed by atoms with van der Waals surface area (Å²) in [5, 5.41) is 13.7. The van der Waals surface area contributed by atoms with Gasteiger partial charge in [-0.3, -0.25) is 18.8 Å². The van der Waals surface area contributed by atoms with Crippen molar-refractivity contribution in [2.75, 3.05) is 11.1 Å². The molecule has 7 rings (SSSR count). The second-order valence-electron chi connectivity index (χ2n) is 10.5. The number of aromatic nitrogens is 8. The summed E-state index contributed by atoms with van der Waals surface area (Å²) in [5.41, 5.74) is 11.2. The van der Waals surface area contributed by atoms with Gasteiger partial charge in [0.15, 0.2) is 23.1 Å². The molecule has 45 heavy (non-hydrogen) atoms. The molecule has 0 saturated carbocycles. The third-order valence-electron chi connectivity index (χ3n) is 7.72. The first-order valence-corrected chi connectivity index (χ1v) is 14.0. The van der Waals surface area contributed by atoms with E-state index in [2.05, 4.69) is 38.5 Å². The maximum Gasteiger partial charge on any atom is 0.283 e. The molecule has 0 radical (unpaired) electrons. The summed E-state index contributed by atoms with van der Waals surface area (Å²) >= 11 is 0. The van der Waals surface area contributed by atoms with Crippen LogP contribution in [0.4, 0.5) is 15.9 Å². The lowest BCUT2D eigenvalue weighted by molar-refractivity contribution is -0.114. The van der Waals surface area contributed by atoms with E-state index >= 15 is 0 Å². The van der Waals surface area contributed by atoms with Gasteiger partial charge in [-0.25, -0.2) is 24.0 Å². The molecule has 5 heterocycles. The topological polar surface area (TPSA) is 163 Å². The van der Waals surface area contributed by atoms with Gasteiger partial charge < -0.3 is 16.4 Å². The number of pyridine rings is 2. The summed E-state index contributed by atoms with van der Waals surface area (Å²) in [6.45, 7) is 3.00. The molecule has 0 fully saturated rings. The molecule has 0 unspecified atom stereocenters. The summed E-state index contributed by atoms with van der Waals surface area (Å²) in [6, 6.07) is 14.9. The predicted octanol–water partition coefficient (Wildman–Crippen LogP) is 3.82. The highest BCUT2D eigenvalue weighted by atomic mass is 19.1. The molecule has 5 aromatic heterocycles. The number of rotatable bonds is 7. The number of carbonyl (C=O) groups excluding carboxylic acids is 2. The van der Waals surface area contributed by atoms with Gasteiger partial charge in [0, 0.05) is 31.3 Å². The number of carbonyl (C=O) groups is 2. The SMILES string of the molecule is C=C(F)C(=O)Nc1cnn(C)c1C(=O)N[C@H]1CCc2cc(-n3c(-c4cccnc4N)nc4ccc(-n5cccn5)nc43)ccc21. The largest absolute Gasteiger partial charge is 0.383 e. The number of imidazole rings is 1. The number of hydrogen-bond donors (Lipinski definition) is 3. The highest BCUT2D eigenvalue weighted by Crippen LogP contribution is 2.36. The zero-order valence-electron chi connectivity index (χ0n) is 24.0. The zero-order valence-corrected chi connectivity index (χ0v) is 24.0. The van der Waals surface area contributed by atoms with Crippen LogP contribution in [0, 0.1) is 0 Å². The molecule has 0 bridgehead atoms. The summed E-state index contributed by atoms with van der Waals surface area (Å²) in [6.07, 6.45) is 7.78. The molecular formula is C31H26FN11O2. The molecule has 1 atom stereocenters. The Balaban J connectivity index is 1.25. The summed E-state index contributed by atoms with van der Waals surface area (Å²) in [5.74, 6) is -1.11. The van der Waals surface area contributed by atoms with Crippen molar-refractivity contribution < 1.29 is 14.0 Å². The lowest BCUT2D eigenvalue weighted by atomic mass is 10.1. The molecule has 1 aromatic carbocycles. The Hall–Kier alpha value is -6.18. The van der Waals surface area contributed by atoms with E-state index in [1.165, 1.54) is 10.9 Å². The van der Waals surface area contributed by atoms with Gasteiger partial charge in [0.05, 0.1) is 23.5 Å². The highest BCUT2D eigenvalue weighted by Gasteiger charge is 2.28. The van der Waals surface area contributed by atoms with Crippen LogP contribution in [0.5, 0.6) is 0 Å². The Bertz CT molecular complexity index is 2130. The van der Waals surface area contributed by atoms with Crippen molar-refractivity contribution in [1.29, 1.82) is 0 Å². The van der Waals surface area contributed by atoms with Gasteiger partial charge in [-0.2, -0.15) is 10.2 Å². The van der Waals surface area contributed by atoms with Crippen LogP contribution < -0.4 is 16.4 Å². The van der Waals surface area contributed by atoms with E-state index in [4.69, 9.17) is 15.7 Å². The molecule has 224 valence electrons. The normalized spacial score (nSPS) is 14.0. The fourth-order valence-electron chi connectivity index (χ4n) is 5.62. The van der Waals surface area contributed by atoms with E-state index in [0.29, 0.717) is 47.0 Å². The maximum atomic E-state index is 13.3. The molecular weight excluding hydrogens is 577 g/mol. The number of aryl methyl sites for hydroxylation is 2. The zero-order chi connectivity index (χ0) is 31.2. The number of fused-ring (bicyclic) bond motifs is 2. The third-order valence-corrected chi connectivity index (χ3v) is 7.72. The Labute approximate surface area is 255 Å². The molecule has 13 nitrogen and oxygen atoms in total. The maximum absolute atomic E-state index is 13.3. The predicted molar refractivity (Wildman–Crippen MR) is 164 cm³/mol. The van der Waals surface area contributed by atoms with E-state index < -0.39 is 17.6 Å². The summed E-state index contributed by atoms with van der Waals surface area (Å²) < 4.78 is 18.3. The van der Waals surface area contributed by atoms with Crippen LogP contribution in [0.15, 0.2) is 85.7 Å². The Morgan fingerprint density at radius 3 is 2.73 bits per heavy atom. The van der Waals surface area contributed by atoms with Gasteiger partial charge in [-0.05, 0) is 66.4 Å². The Morgan fingerprint density at radius 2 is 1.96 bits per heavy atom. The first-order chi connectivity index (χ1) is 21.8. The van der Waals surface area contributed by atoms with Crippen LogP contribution in [-0.4, -0.2) is 50.9 Å². The smallest absolute Gasteiger partial charge is 0.283 e. The first kappa shape index (κ1) is 27.6. The number of nitrogens with zero attached hydrogens (tertiary/aromatic N) is 8. The van der Waals surface area contributed by atoms with E-state index in [-0.39, 0.29) is 17.4 Å². The number of anilines is 2. The molecule has 2 amide bonds. The van der Waals surface area contributed by atoms with Crippen molar-refractivity contribution in [3.8, 4) is 22.9 Å². The van der Waals surface area contributed by atoms with Gasteiger partial charge in [-0.15, -0.1) is 0 Å².